The molecule has 0 aliphatic heterocycles. The number of methoxy groups -OCH3 is 1. The zero-order valence-corrected chi connectivity index (χ0v) is 17.0. The van der Waals surface area contributed by atoms with Crippen molar-refractivity contribution >= 4 is 29.9 Å². The highest BCUT2D eigenvalue weighted by molar-refractivity contribution is 14.0. The molecule has 25 heavy (non-hydrogen) atoms. The van der Waals surface area contributed by atoms with Crippen molar-refractivity contribution in [2.75, 3.05) is 20.2 Å². The molecule has 0 amide bonds. The Labute approximate surface area is 165 Å². The monoisotopic (exact) mass is 461 g/mol. The van der Waals surface area contributed by atoms with Gasteiger partial charge in [-0.15, -0.1) is 24.0 Å². The molecule has 1 aromatic carbocycles. The van der Waals surface area contributed by atoms with Crippen LogP contribution in [-0.2, 0) is 6.42 Å². The number of nitrogens with zero attached hydrogens (tertiary/aromatic N) is 1. The van der Waals surface area contributed by atoms with Crippen molar-refractivity contribution in [1.29, 1.82) is 0 Å². The number of ether oxygens (including phenoxy) is 1. The number of hydrogen-bond donors (Lipinski definition) is 2. The lowest BCUT2D eigenvalue weighted by Crippen LogP contribution is -2.38. The molecule has 5 nitrogen and oxygen atoms in total. The van der Waals surface area contributed by atoms with E-state index in [1.54, 1.807) is 12.3 Å². The molecule has 2 N–H and O–H groups in total. The third-order valence-corrected chi connectivity index (χ3v) is 3.58. The van der Waals surface area contributed by atoms with Crippen LogP contribution in [0.2, 0.25) is 0 Å². The van der Waals surface area contributed by atoms with Gasteiger partial charge < -0.3 is 19.8 Å². The highest BCUT2D eigenvalue weighted by Gasteiger charge is 2.11. The number of rotatable bonds is 7. The van der Waals surface area contributed by atoms with Crippen LogP contribution in [0, 0.1) is 5.82 Å². The SMILES string of the molecule is CCNC(=NCCc1ccco1)NC(C)c1ccc(OC)c(F)c1.I. The molecule has 2 aromatic rings. The van der Waals surface area contributed by atoms with E-state index in [0.29, 0.717) is 12.5 Å². The summed E-state index contributed by atoms with van der Waals surface area (Å²) < 4.78 is 24.1. The van der Waals surface area contributed by atoms with E-state index in [0.717, 1.165) is 24.3 Å². The number of guanidine groups is 1. The van der Waals surface area contributed by atoms with Gasteiger partial charge in [0.05, 0.1) is 19.4 Å². The Bertz CT molecular complexity index is 662. The van der Waals surface area contributed by atoms with Crippen molar-refractivity contribution in [3.63, 3.8) is 0 Å². The number of benzene rings is 1. The smallest absolute Gasteiger partial charge is 0.191 e. The van der Waals surface area contributed by atoms with Crippen molar-refractivity contribution in [3.8, 4) is 5.75 Å². The van der Waals surface area contributed by atoms with E-state index >= 15 is 0 Å². The van der Waals surface area contributed by atoms with E-state index in [9.17, 15) is 4.39 Å². The lowest BCUT2D eigenvalue weighted by Gasteiger charge is -2.18. The number of halogens is 2. The van der Waals surface area contributed by atoms with Gasteiger partial charge in [-0.1, -0.05) is 6.07 Å². The fourth-order valence-corrected chi connectivity index (χ4v) is 2.29. The Morgan fingerprint density at radius 3 is 2.76 bits per heavy atom. The van der Waals surface area contributed by atoms with Gasteiger partial charge in [0, 0.05) is 19.5 Å². The fraction of sp³-hybridized carbons (Fsp3) is 0.389. The first-order valence-electron chi connectivity index (χ1n) is 8.04. The number of hydrogen-bond acceptors (Lipinski definition) is 3. The molecule has 0 bridgehead atoms. The summed E-state index contributed by atoms with van der Waals surface area (Å²) in [6.07, 6.45) is 2.39. The molecular formula is C18H25FIN3O2. The van der Waals surface area contributed by atoms with Crippen LogP contribution in [0.1, 0.15) is 31.2 Å². The van der Waals surface area contributed by atoms with Gasteiger partial charge in [-0.05, 0) is 43.7 Å². The summed E-state index contributed by atoms with van der Waals surface area (Å²) in [5, 5.41) is 6.47. The summed E-state index contributed by atoms with van der Waals surface area (Å²) in [7, 11) is 1.45. The van der Waals surface area contributed by atoms with Gasteiger partial charge in [0.25, 0.3) is 0 Å². The van der Waals surface area contributed by atoms with E-state index in [2.05, 4.69) is 15.6 Å². The molecule has 7 heteroatoms. The molecule has 1 atom stereocenters. The normalized spacial score (nSPS) is 12.2. The third kappa shape index (κ3) is 6.56. The van der Waals surface area contributed by atoms with Crippen molar-refractivity contribution < 1.29 is 13.5 Å². The first-order chi connectivity index (χ1) is 11.6. The summed E-state index contributed by atoms with van der Waals surface area (Å²) in [4.78, 5) is 4.53. The Morgan fingerprint density at radius 1 is 1.36 bits per heavy atom. The fourth-order valence-electron chi connectivity index (χ4n) is 2.29. The average Bonchev–Trinajstić information content (AvgIpc) is 3.08. The topological polar surface area (TPSA) is 58.8 Å². The molecule has 0 aliphatic carbocycles. The number of aliphatic imine (C=N–C) groups is 1. The predicted octanol–water partition coefficient (Wildman–Crippen LogP) is 3.90. The molecule has 0 saturated carbocycles. The predicted molar refractivity (Wildman–Crippen MR) is 108 cm³/mol. The van der Waals surface area contributed by atoms with Crippen LogP contribution in [0.25, 0.3) is 0 Å². The highest BCUT2D eigenvalue weighted by atomic mass is 127. The van der Waals surface area contributed by atoms with Crippen molar-refractivity contribution in [1.82, 2.24) is 10.6 Å². The Morgan fingerprint density at radius 2 is 2.16 bits per heavy atom. The minimum Gasteiger partial charge on any atom is -0.494 e. The molecule has 138 valence electrons. The Kier molecular flexibility index (Phi) is 9.33. The van der Waals surface area contributed by atoms with Gasteiger partial charge in [-0.2, -0.15) is 0 Å². The van der Waals surface area contributed by atoms with Crippen LogP contribution in [0.3, 0.4) is 0 Å². The van der Waals surface area contributed by atoms with Crippen LogP contribution in [0.5, 0.6) is 5.75 Å². The molecular weight excluding hydrogens is 436 g/mol. The minimum atomic E-state index is -0.372. The Balaban J connectivity index is 0.00000312. The van der Waals surface area contributed by atoms with Gasteiger partial charge in [0.1, 0.15) is 5.76 Å². The van der Waals surface area contributed by atoms with Crippen molar-refractivity contribution in [3.05, 3.63) is 53.7 Å². The first kappa shape index (κ1) is 21.3. The number of nitrogens with one attached hydrogen (secondary N) is 2. The maximum absolute atomic E-state index is 13.8. The van der Waals surface area contributed by atoms with E-state index in [1.165, 1.54) is 13.2 Å². The van der Waals surface area contributed by atoms with Crippen LogP contribution >= 0.6 is 24.0 Å². The maximum Gasteiger partial charge on any atom is 0.191 e. The summed E-state index contributed by atoms with van der Waals surface area (Å²) in [5.74, 6) is 1.46. The zero-order chi connectivity index (χ0) is 17.4. The molecule has 0 spiro atoms. The van der Waals surface area contributed by atoms with E-state index in [1.807, 2.05) is 32.0 Å². The molecule has 1 heterocycles. The van der Waals surface area contributed by atoms with Gasteiger partial charge >= 0.3 is 0 Å². The standard InChI is InChI=1S/C18H24FN3O2.HI/c1-4-20-18(21-10-9-15-6-5-11-24-15)22-13(2)14-7-8-17(23-3)16(19)12-14;/h5-8,11-13H,4,9-10H2,1-3H3,(H2,20,21,22);1H. The van der Waals surface area contributed by atoms with Crippen LogP contribution < -0.4 is 15.4 Å². The molecule has 0 fully saturated rings. The molecule has 0 aliphatic rings. The van der Waals surface area contributed by atoms with Gasteiger partial charge in [-0.3, -0.25) is 4.99 Å². The highest BCUT2D eigenvalue weighted by Crippen LogP contribution is 2.21. The summed E-state index contributed by atoms with van der Waals surface area (Å²) >= 11 is 0. The van der Waals surface area contributed by atoms with Gasteiger partial charge in [0.2, 0.25) is 0 Å². The van der Waals surface area contributed by atoms with Crippen molar-refractivity contribution in [2.24, 2.45) is 4.99 Å². The third-order valence-electron chi connectivity index (χ3n) is 3.58. The summed E-state index contributed by atoms with van der Waals surface area (Å²) in [6, 6.07) is 8.65. The second kappa shape index (κ2) is 11.0. The van der Waals surface area contributed by atoms with E-state index < -0.39 is 0 Å². The van der Waals surface area contributed by atoms with Crippen LogP contribution in [0.4, 0.5) is 4.39 Å². The van der Waals surface area contributed by atoms with Crippen LogP contribution in [0.15, 0.2) is 46.0 Å². The first-order valence-corrected chi connectivity index (χ1v) is 8.04. The summed E-state index contributed by atoms with van der Waals surface area (Å²) in [5.41, 5.74) is 0.824. The molecule has 0 radical (unpaired) electrons. The lowest BCUT2D eigenvalue weighted by atomic mass is 10.1. The second-order valence-electron chi connectivity index (χ2n) is 5.35. The lowest BCUT2D eigenvalue weighted by molar-refractivity contribution is 0.386. The minimum absolute atomic E-state index is 0. The largest absolute Gasteiger partial charge is 0.494 e. The Hall–Kier alpha value is -1.77. The molecule has 1 unspecified atom stereocenters. The summed E-state index contributed by atoms with van der Waals surface area (Å²) in [6.45, 7) is 5.31. The quantitative estimate of drug-likeness (QED) is 0.373. The van der Waals surface area contributed by atoms with E-state index in [4.69, 9.17) is 9.15 Å². The second-order valence-corrected chi connectivity index (χ2v) is 5.35. The van der Waals surface area contributed by atoms with Gasteiger partial charge in [-0.25, -0.2) is 4.39 Å². The maximum atomic E-state index is 13.8. The number of furan rings is 1. The van der Waals surface area contributed by atoms with Crippen molar-refractivity contribution in [2.45, 2.75) is 26.3 Å². The molecule has 1 aromatic heterocycles. The molecule has 2 rings (SSSR count). The molecule has 0 saturated heterocycles. The zero-order valence-electron chi connectivity index (χ0n) is 14.7. The van der Waals surface area contributed by atoms with E-state index in [-0.39, 0.29) is 41.6 Å². The van der Waals surface area contributed by atoms with Gasteiger partial charge in [0.15, 0.2) is 17.5 Å². The van der Waals surface area contributed by atoms with Crippen LogP contribution in [-0.4, -0.2) is 26.2 Å². The average molecular weight is 461 g/mol.